The fraction of sp³-hybridized carbons (Fsp3) is 0.167. The predicted molar refractivity (Wildman–Crippen MR) is 84.8 cm³/mol. The van der Waals surface area contributed by atoms with Gasteiger partial charge in [-0.3, -0.25) is 0 Å². The van der Waals surface area contributed by atoms with Gasteiger partial charge in [0.15, 0.2) is 0 Å². The van der Waals surface area contributed by atoms with Crippen molar-refractivity contribution in [2.24, 2.45) is 0 Å². The lowest BCUT2D eigenvalue weighted by Crippen LogP contribution is -2.25. The highest BCUT2D eigenvalue weighted by Gasteiger charge is 2.28. The van der Waals surface area contributed by atoms with Gasteiger partial charge < -0.3 is 14.8 Å². The smallest absolute Gasteiger partial charge is 0.331 e. The SMILES string of the molecule is COc1ccc(C(Nc2ccccc2)C2C=CC(=O)O2)cc1. The fourth-order valence-electron chi connectivity index (χ4n) is 2.45. The molecule has 3 rings (SSSR count). The Kier molecular flexibility index (Phi) is 4.10. The second-order valence-corrected chi connectivity index (χ2v) is 5.02. The van der Waals surface area contributed by atoms with Crippen LogP contribution in [0.15, 0.2) is 66.7 Å². The average Bonchev–Trinajstić information content (AvgIpc) is 3.00. The van der Waals surface area contributed by atoms with Gasteiger partial charge in [0.25, 0.3) is 0 Å². The molecule has 1 aliphatic rings. The molecule has 0 radical (unpaired) electrons. The third-order valence-electron chi connectivity index (χ3n) is 3.57. The Morgan fingerprint density at radius 3 is 2.41 bits per heavy atom. The minimum absolute atomic E-state index is 0.156. The number of ether oxygens (including phenoxy) is 2. The lowest BCUT2D eigenvalue weighted by Gasteiger charge is -2.25. The lowest BCUT2D eigenvalue weighted by molar-refractivity contribution is -0.139. The summed E-state index contributed by atoms with van der Waals surface area (Å²) in [7, 11) is 1.64. The predicted octanol–water partition coefficient (Wildman–Crippen LogP) is 3.33. The first-order chi connectivity index (χ1) is 10.8. The quantitative estimate of drug-likeness (QED) is 0.860. The summed E-state index contributed by atoms with van der Waals surface area (Å²) in [6.45, 7) is 0. The molecular weight excluding hydrogens is 278 g/mol. The zero-order valence-corrected chi connectivity index (χ0v) is 12.2. The van der Waals surface area contributed by atoms with E-state index in [0.717, 1.165) is 17.0 Å². The van der Waals surface area contributed by atoms with Crippen LogP contribution in [0.5, 0.6) is 5.75 Å². The molecule has 1 heterocycles. The van der Waals surface area contributed by atoms with E-state index < -0.39 is 0 Å². The first-order valence-electron chi connectivity index (χ1n) is 7.10. The molecule has 0 bridgehead atoms. The van der Waals surface area contributed by atoms with Gasteiger partial charge in [-0.15, -0.1) is 0 Å². The van der Waals surface area contributed by atoms with Gasteiger partial charge in [-0.1, -0.05) is 30.3 Å². The van der Waals surface area contributed by atoms with Gasteiger partial charge in [0, 0.05) is 11.8 Å². The van der Waals surface area contributed by atoms with Crippen molar-refractivity contribution in [2.75, 3.05) is 12.4 Å². The third-order valence-corrected chi connectivity index (χ3v) is 3.57. The molecule has 0 fully saturated rings. The van der Waals surface area contributed by atoms with Crippen molar-refractivity contribution in [1.29, 1.82) is 0 Å². The van der Waals surface area contributed by atoms with Crippen LogP contribution in [0.4, 0.5) is 5.69 Å². The Morgan fingerprint density at radius 2 is 1.82 bits per heavy atom. The molecule has 2 unspecified atom stereocenters. The number of rotatable bonds is 5. The van der Waals surface area contributed by atoms with Gasteiger partial charge in [-0.25, -0.2) is 4.79 Å². The van der Waals surface area contributed by atoms with E-state index in [1.165, 1.54) is 6.08 Å². The van der Waals surface area contributed by atoms with Crippen LogP contribution in [0.3, 0.4) is 0 Å². The monoisotopic (exact) mass is 295 g/mol. The van der Waals surface area contributed by atoms with Crippen molar-refractivity contribution in [3.8, 4) is 5.75 Å². The molecule has 4 heteroatoms. The van der Waals surface area contributed by atoms with Crippen LogP contribution in [-0.4, -0.2) is 19.2 Å². The lowest BCUT2D eigenvalue weighted by atomic mass is 10.0. The van der Waals surface area contributed by atoms with Crippen molar-refractivity contribution in [3.63, 3.8) is 0 Å². The number of para-hydroxylation sites is 1. The molecule has 4 nitrogen and oxygen atoms in total. The number of carbonyl (C=O) groups excluding carboxylic acids is 1. The second-order valence-electron chi connectivity index (χ2n) is 5.02. The van der Waals surface area contributed by atoms with E-state index in [9.17, 15) is 4.79 Å². The molecule has 1 N–H and O–H groups in total. The molecule has 0 saturated heterocycles. The summed E-state index contributed by atoms with van der Waals surface area (Å²) in [4.78, 5) is 11.4. The van der Waals surface area contributed by atoms with Crippen molar-refractivity contribution in [2.45, 2.75) is 12.1 Å². The highest BCUT2D eigenvalue weighted by Crippen LogP contribution is 2.29. The number of benzene rings is 2. The van der Waals surface area contributed by atoms with Gasteiger partial charge in [0.05, 0.1) is 13.2 Å². The Bertz CT molecular complexity index is 664. The van der Waals surface area contributed by atoms with Crippen LogP contribution in [-0.2, 0) is 9.53 Å². The average molecular weight is 295 g/mol. The second kappa shape index (κ2) is 6.35. The molecule has 0 saturated carbocycles. The van der Waals surface area contributed by atoms with E-state index in [1.807, 2.05) is 54.6 Å². The topological polar surface area (TPSA) is 47.6 Å². The Balaban J connectivity index is 1.88. The summed E-state index contributed by atoms with van der Waals surface area (Å²) >= 11 is 0. The summed E-state index contributed by atoms with van der Waals surface area (Å²) in [5.74, 6) is 0.486. The number of hydrogen-bond acceptors (Lipinski definition) is 4. The number of nitrogens with one attached hydrogen (secondary N) is 1. The van der Waals surface area contributed by atoms with Gasteiger partial charge in [-0.05, 0) is 35.9 Å². The maximum absolute atomic E-state index is 11.4. The molecule has 22 heavy (non-hydrogen) atoms. The van der Waals surface area contributed by atoms with E-state index in [0.29, 0.717) is 0 Å². The molecule has 112 valence electrons. The summed E-state index contributed by atoms with van der Waals surface area (Å²) in [5, 5.41) is 3.43. The fourth-order valence-corrected chi connectivity index (χ4v) is 2.45. The van der Waals surface area contributed by atoms with Crippen LogP contribution < -0.4 is 10.1 Å². The zero-order valence-electron chi connectivity index (χ0n) is 12.2. The van der Waals surface area contributed by atoms with E-state index in [2.05, 4.69) is 5.32 Å². The summed E-state index contributed by atoms with van der Waals surface area (Å²) in [5.41, 5.74) is 1.99. The molecule has 0 aliphatic carbocycles. The number of carbonyl (C=O) groups is 1. The van der Waals surface area contributed by atoms with Crippen molar-refractivity contribution >= 4 is 11.7 Å². The number of methoxy groups -OCH3 is 1. The number of anilines is 1. The molecule has 2 aromatic rings. The van der Waals surface area contributed by atoms with Crippen LogP contribution in [0.25, 0.3) is 0 Å². The van der Waals surface area contributed by atoms with Gasteiger partial charge in [-0.2, -0.15) is 0 Å². The van der Waals surface area contributed by atoms with Crippen molar-refractivity contribution < 1.29 is 14.3 Å². The van der Waals surface area contributed by atoms with Gasteiger partial charge in [0.2, 0.25) is 0 Å². The van der Waals surface area contributed by atoms with E-state index in [1.54, 1.807) is 13.2 Å². The maximum Gasteiger partial charge on any atom is 0.331 e. The van der Waals surface area contributed by atoms with Crippen molar-refractivity contribution in [1.82, 2.24) is 0 Å². The molecule has 0 amide bonds. The summed E-state index contributed by atoms with van der Waals surface area (Å²) in [6.07, 6.45) is 2.92. The van der Waals surface area contributed by atoms with Crippen LogP contribution in [0.1, 0.15) is 11.6 Å². The van der Waals surface area contributed by atoms with Crippen LogP contribution in [0.2, 0.25) is 0 Å². The largest absolute Gasteiger partial charge is 0.497 e. The Hall–Kier alpha value is -2.75. The highest BCUT2D eigenvalue weighted by molar-refractivity contribution is 5.84. The van der Waals surface area contributed by atoms with Crippen molar-refractivity contribution in [3.05, 3.63) is 72.3 Å². The molecule has 1 aliphatic heterocycles. The zero-order chi connectivity index (χ0) is 15.4. The summed E-state index contributed by atoms with van der Waals surface area (Å²) in [6, 6.07) is 17.4. The number of hydrogen-bond donors (Lipinski definition) is 1. The molecule has 0 spiro atoms. The maximum atomic E-state index is 11.4. The highest BCUT2D eigenvalue weighted by atomic mass is 16.5. The third kappa shape index (κ3) is 3.11. The van der Waals surface area contributed by atoms with Gasteiger partial charge >= 0.3 is 5.97 Å². The Labute approximate surface area is 129 Å². The first kappa shape index (κ1) is 14.2. The summed E-state index contributed by atoms with van der Waals surface area (Å²) < 4.78 is 10.6. The number of esters is 1. The van der Waals surface area contributed by atoms with E-state index >= 15 is 0 Å². The van der Waals surface area contributed by atoms with Gasteiger partial charge in [0.1, 0.15) is 11.9 Å². The molecule has 2 atom stereocenters. The first-order valence-corrected chi connectivity index (χ1v) is 7.10. The Morgan fingerprint density at radius 1 is 1.09 bits per heavy atom. The molecular formula is C18H17NO3. The van der Waals surface area contributed by atoms with E-state index in [-0.39, 0.29) is 18.1 Å². The minimum Gasteiger partial charge on any atom is -0.497 e. The normalized spacial score (nSPS) is 17.9. The van der Waals surface area contributed by atoms with Crippen LogP contribution >= 0.6 is 0 Å². The molecule has 0 aromatic heterocycles. The van der Waals surface area contributed by atoms with Crippen LogP contribution in [0, 0.1) is 0 Å². The number of cyclic esters (lactones) is 1. The minimum atomic E-state index is -0.332. The van der Waals surface area contributed by atoms with E-state index in [4.69, 9.17) is 9.47 Å². The molecule has 2 aromatic carbocycles. The standard InChI is InChI=1S/C18H17NO3/c1-21-15-9-7-13(8-10-15)18(16-11-12-17(20)22-16)19-14-5-3-2-4-6-14/h2-12,16,18-19H,1H3.